The summed E-state index contributed by atoms with van der Waals surface area (Å²) in [4.78, 5) is 21.6. The number of hydrogen-bond acceptors (Lipinski definition) is 4. The van der Waals surface area contributed by atoms with E-state index in [4.69, 9.17) is 0 Å². The summed E-state index contributed by atoms with van der Waals surface area (Å²) < 4.78 is 2.94. The zero-order chi connectivity index (χ0) is 20.4. The molecule has 29 heavy (non-hydrogen) atoms. The third-order valence-electron chi connectivity index (χ3n) is 5.21. The van der Waals surface area contributed by atoms with E-state index in [1.807, 2.05) is 52.9 Å². The fourth-order valence-corrected chi connectivity index (χ4v) is 3.92. The summed E-state index contributed by atoms with van der Waals surface area (Å²) in [6.07, 6.45) is 1.81. The van der Waals surface area contributed by atoms with Gasteiger partial charge in [-0.15, -0.1) is 0 Å². The van der Waals surface area contributed by atoms with Crippen LogP contribution in [0.5, 0.6) is 0 Å². The Hall–Kier alpha value is -2.67. The summed E-state index contributed by atoms with van der Waals surface area (Å²) in [6, 6.07) is 13.9. The van der Waals surface area contributed by atoms with Crippen LogP contribution in [0.15, 0.2) is 53.1 Å². The van der Waals surface area contributed by atoms with Crippen LogP contribution in [0.3, 0.4) is 0 Å². The number of aryl methyl sites for hydroxylation is 2. The second-order valence-corrected chi connectivity index (χ2v) is 8.31. The smallest absolute Gasteiger partial charge is 0.253 e. The van der Waals surface area contributed by atoms with Crippen molar-refractivity contribution in [2.45, 2.75) is 20.4 Å². The quantitative estimate of drug-likeness (QED) is 0.604. The molecule has 7 heteroatoms. The summed E-state index contributed by atoms with van der Waals surface area (Å²) in [5, 5.41) is 4.52. The summed E-state index contributed by atoms with van der Waals surface area (Å²) >= 11 is 3.42. The lowest BCUT2D eigenvalue weighted by molar-refractivity contribution is 0.0746. The van der Waals surface area contributed by atoms with E-state index in [0.717, 1.165) is 45.9 Å². The number of pyridine rings is 1. The molecule has 150 valence electrons. The summed E-state index contributed by atoms with van der Waals surface area (Å²) in [7, 11) is 0. The topological polar surface area (TPSA) is 54.3 Å². The van der Waals surface area contributed by atoms with E-state index in [2.05, 4.69) is 43.9 Å². The molecule has 2 aromatic heterocycles. The highest BCUT2D eigenvalue weighted by Gasteiger charge is 2.23. The average Bonchev–Trinajstić information content (AvgIpc) is 3.05. The maximum absolute atomic E-state index is 13.0. The van der Waals surface area contributed by atoms with E-state index in [1.54, 1.807) is 6.20 Å². The fraction of sp³-hybridized carbons (Fsp3) is 0.318. The number of hydrogen-bond donors (Lipinski definition) is 0. The van der Waals surface area contributed by atoms with Gasteiger partial charge >= 0.3 is 0 Å². The second-order valence-electron chi connectivity index (χ2n) is 7.40. The first kappa shape index (κ1) is 19.6. The zero-order valence-corrected chi connectivity index (χ0v) is 18.3. The lowest BCUT2D eigenvalue weighted by Crippen LogP contribution is -2.49. The molecular weight excluding hydrogens is 430 g/mol. The third-order valence-corrected chi connectivity index (χ3v) is 5.68. The minimum absolute atomic E-state index is 0.0867. The van der Waals surface area contributed by atoms with Crippen molar-refractivity contribution in [3.05, 3.63) is 75.6 Å². The molecule has 0 radical (unpaired) electrons. The molecule has 1 fully saturated rings. The van der Waals surface area contributed by atoms with Crippen LogP contribution in [0.25, 0.3) is 0 Å². The summed E-state index contributed by atoms with van der Waals surface area (Å²) in [5.74, 6) is 1.04. The number of benzene rings is 1. The van der Waals surface area contributed by atoms with Gasteiger partial charge in [-0.05, 0) is 65.7 Å². The maximum atomic E-state index is 13.0. The van der Waals surface area contributed by atoms with Gasteiger partial charge in [0.25, 0.3) is 5.91 Å². The van der Waals surface area contributed by atoms with Crippen LogP contribution in [0.2, 0.25) is 0 Å². The van der Waals surface area contributed by atoms with Crippen molar-refractivity contribution >= 4 is 27.7 Å². The molecule has 6 nitrogen and oxygen atoms in total. The Morgan fingerprint density at radius 3 is 2.52 bits per heavy atom. The van der Waals surface area contributed by atoms with Gasteiger partial charge in [0.15, 0.2) is 0 Å². The van der Waals surface area contributed by atoms with Gasteiger partial charge in [-0.3, -0.25) is 9.48 Å². The Bertz CT molecular complexity index is 1010. The summed E-state index contributed by atoms with van der Waals surface area (Å²) in [5.41, 5.74) is 3.95. The lowest BCUT2D eigenvalue weighted by atomic mass is 10.1. The van der Waals surface area contributed by atoms with Gasteiger partial charge in [-0.25, -0.2) is 4.98 Å². The van der Waals surface area contributed by atoms with E-state index in [9.17, 15) is 4.79 Å². The molecule has 1 aliphatic heterocycles. The highest BCUT2D eigenvalue weighted by molar-refractivity contribution is 9.10. The standard InChI is InChI=1S/C22H24BrN5O/c1-16-12-17(2)28(25-16)15-18-4-3-5-19(13-18)22(29)27-10-8-26(9-11-27)21-7-6-20(23)14-24-21/h3-7,12-14H,8-11,15H2,1-2H3. The van der Waals surface area contributed by atoms with Crippen molar-refractivity contribution in [3.8, 4) is 0 Å². The number of carbonyl (C=O) groups is 1. The molecule has 0 saturated carbocycles. The Morgan fingerprint density at radius 2 is 1.86 bits per heavy atom. The first-order valence-corrected chi connectivity index (χ1v) is 10.5. The number of halogens is 1. The lowest BCUT2D eigenvalue weighted by Gasteiger charge is -2.35. The number of carbonyl (C=O) groups excluding carboxylic acids is 1. The van der Waals surface area contributed by atoms with Gasteiger partial charge in [0.2, 0.25) is 0 Å². The maximum Gasteiger partial charge on any atom is 0.253 e. The SMILES string of the molecule is Cc1cc(C)n(Cc2cccc(C(=O)N3CCN(c4ccc(Br)cn4)CC3)c2)n1. The van der Waals surface area contributed by atoms with Crippen LogP contribution in [-0.4, -0.2) is 51.8 Å². The van der Waals surface area contributed by atoms with Crippen LogP contribution in [0.1, 0.15) is 27.3 Å². The molecule has 4 rings (SSSR count). The van der Waals surface area contributed by atoms with Crippen LogP contribution >= 0.6 is 15.9 Å². The normalized spacial score (nSPS) is 14.3. The first-order valence-electron chi connectivity index (χ1n) is 9.75. The minimum Gasteiger partial charge on any atom is -0.353 e. The van der Waals surface area contributed by atoms with Crippen molar-refractivity contribution in [1.29, 1.82) is 0 Å². The number of piperazine rings is 1. The van der Waals surface area contributed by atoms with E-state index < -0.39 is 0 Å². The zero-order valence-electron chi connectivity index (χ0n) is 16.7. The van der Waals surface area contributed by atoms with E-state index in [0.29, 0.717) is 19.6 Å². The van der Waals surface area contributed by atoms with Crippen molar-refractivity contribution < 1.29 is 4.79 Å². The molecule has 0 N–H and O–H groups in total. The fourth-order valence-electron chi connectivity index (χ4n) is 3.69. The van der Waals surface area contributed by atoms with Crippen molar-refractivity contribution in [3.63, 3.8) is 0 Å². The molecule has 1 amide bonds. The Morgan fingerprint density at radius 1 is 1.07 bits per heavy atom. The predicted octanol–water partition coefficient (Wildman–Crippen LogP) is 3.67. The molecule has 1 saturated heterocycles. The molecule has 3 aromatic rings. The van der Waals surface area contributed by atoms with Crippen molar-refractivity contribution in [1.82, 2.24) is 19.7 Å². The summed E-state index contributed by atoms with van der Waals surface area (Å²) in [6.45, 7) is 7.67. The Kier molecular flexibility index (Phi) is 5.67. The highest BCUT2D eigenvalue weighted by atomic mass is 79.9. The van der Waals surface area contributed by atoms with Gasteiger partial charge in [0, 0.05) is 48.1 Å². The van der Waals surface area contributed by atoms with Crippen LogP contribution in [-0.2, 0) is 6.54 Å². The van der Waals surface area contributed by atoms with Crippen LogP contribution < -0.4 is 4.90 Å². The molecule has 1 aromatic carbocycles. The number of anilines is 1. The largest absolute Gasteiger partial charge is 0.353 e. The molecule has 1 aliphatic rings. The number of rotatable bonds is 4. The third kappa shape index (κ3) is 4.50. The molecule has 0 aliphatic carbocycles. The van der Waals surface area contributed by atoms with Gasteiger partial charge in [-0.2, -0.15) is 5.10 Å². The highest BCUT2D eigenvalue weighted by Crippen LogP contribution is 2.18. The molecule has 0 spiro atoms. The predicted molar refractivity (Wildman–Crippen MR) is 117 cm³/mol. The van der Waals surface area contributed by atoms with Gasteiger partial charge in [0.05, 0.1) is 12.2 Å². The van der Waals surface area contributed by atoms with Crippen molar-refractivity contribution in [2.75, 3.05) is 31.1 Å². The van der Waals surface area contributed by atoms with E-state index >= 15 is 0 Å². The van der Waals surface area contributed by atoms with Crippen molar-refractivity contribution in [2.24, 2.45) is 0 Å². The molecule has 3 heterocycles. The van der Waals surface area contributed by atoms with Gasteiger partial charge in [0.1, 0.15) is 5.82 Å². The number of amides is 1. The van der Waals surface area contributed by atoms with Crippen LogP contribution in [0.4, 0.5) is 5.82 Å². The molecule has 0 unspecified atom stereocenters. The first-order chi connectivity index (χ1) is 14.0. The number of aromatic nitrogens is 3. The Balaban J connectivity index is 1.41. The number of nitrogens with zero attached hydrogens (tertiary/aromatic N) is 5. The Labute approximate surface area is 179 Å². The molecule has 0 bridgehead atoms. The van der Waals surface area contributed by atoms with Gasteiger partial charge < -0.3 is 9.80 Å². The monoisotopic (exact) mass is 453 g/mol. The van der Waals surface area contributed by atoms with E-state index in [-0.39, 0.29) is 5.91 Å². The van der Waals surface area contributed by atoms with E-state index in [1.165, 1.54) is 0 Å². The molecule has 0 atom stereocenters. The average molecular weight is 454 g/mol. The minimum atomic E-state index is 0.0867. The second kappa shape index (κ2) is 8.37. The van der Waals surface area contributed by atoms with Crippen LogP contribution in [0, 0.1) is 13.8 Å². The van der Waals surface area contributed by atoms with Gasteiger partial charge in [-0.1, -0.05) is 12.1 Å². The molecular formula is C22H24BrN5O.